The van der Waals surface area contributed by atoms with Crippen LogP contribution in [0.3, 0.4) is 0 Å². The number of amides is 2. The maximum atomic E-state index is 12.5. The van der Waals surface area contributed by atoms with Gasteiger partial charge in [0.25, 0.3) is 0 Å². The molecule has 0 spiro atoms. The summed E-state index contributed by atoms with van der Waals surface area (Å²) in [5, 5.41) is 10.9. The molecule has 4 rings (SSSR count). The number of urea groups is 1. The second-order valence-electron chi connectivity index (χ2n) is 6.54. The molecule has 3 aromatic heterocycles. The number of nitrogens with zero attached hydrogens (tertiary/aromatic N) is 5. The van der Waals surface area contributed by atoms with Crippen LogP contribution in [-0.4, -0.2) is 44.3 Å². The molecule has 9 nitrogen and oxygen atoms in total. The van der Waals surface area contributed by atoms with Gasteiger partial charge in [-0.25, -0.2) is 4.79 Å². The average Bonchev–Trinajstić information content (AvgIpc) is 3.36. The molecule has 0 bridgehead atoms. The number of carbonyl (C=O) groups is 1. The lowest BCUT2D eigenvalue weighted by molar-refractivity contribution is 0.176. The third-order valence-corrected chi connectivity index (χ3v) is 4.55. The Bertz CT molecular complexity index is 907. The molecular weight excluding hydrogens is 348 g/mol. The summed E-state index contributed by atoms with van der Waals surface area (Å²) in [6.07, 6.45) is 5.26. The van der Waals surface area contributed by atoms with Gasteiger partial charge in [-0.05, 0) is 25.0 Å². The molecule has 0 saturated carbocycles. The van der Waals surface area contributed by atoms with E-state index in [9.17, 15) is 4.79 Å². The molecule has 1 saturated heterocycles. The number of pyridine rings is 1. The van der Waals surface area contributed by atoms with E-state index in [1.807, 2.05) is 12.1 Å². The number of rotatable bonds is 4. The molecule has 4 heterocycles. The lowest BCUT2D eigenvalue weighted by Crippen LogP contribution is -2.44. The first-order valence-electron chi connectivity index (χ1n) is 8.88. The smallest absolute Gasteiger partial charge is 0.317 e. The second kappa shape index (κ2) is 7.56. The predicted molar refractivity (Wildman–Crippen MR) is 94.6 cm³/mol. The zero-order valence-corrected chi connectivity index (χ0v) is 15.0. The van der Waals surface area contributed by atoms with E-state index in [4.69, 9.17) is 9.05 Å². The average molecular weight is 368 g/mol. The fourth-order valence-electron chi connectivity index (χ4n) is 3.17. The van der Waals surface area contributed by atoms with Crippen molar-refractivity contribution in [1.82, 2.24) is 30.5 Å². The standard InChI is InChI=1S/C18H20N6O3/c1-12-21-17(23-26-12)14-5-3-7-24(11-14)18(25)20-10-15-8-16(22-27-15)13-4-2-6-19-9-13/h2,4,6,8-9,14H,3,5,7,10-11H2,1H3,(H,20,25)/t14-/m0/s1. The summed E-state index contributed by atoms with van der Waals surface area (Å²) in [5.74, 6) is 1.90. The zero-order chi connectivity index (χ0) is 18.6. The van der Waals surface area contributed by atoms with Gasteiger partial charge in [0.15, 0.2) is 11.6 Å². The first-order chi connectivity index (χ1) is 13.2. The second-order valence-corrected chi connectivity index (χ2v) is 6.54. The van der Waals surface area contributed by atoms with Gasteiger partial charge < -0.3 is 19.3 Å². The summed E-state index contributed by atoms with van der Waals surface area (Å²) in [7, 11) is 0. The van der Waals surface area contributed by atoms with Crippen molar-refractivity contribution in [3.8, 4) is 11.3 Å². The zero-order valence-electron chi connectivity index (χ0n) is 15.0. The Balaban J connectivity index is 1.33. The van der Waals surface area contributed by atoms with Gasteiger partial charge in [-0.15, -0.1) is 0 Å². The van der Waals surface area contributed by atoms with Crippen molar-refractivity contribution in [2.24, 2.45) is 0 Å². The van der Waals surface area contributed by atoms with Gasteiger partial charge in [0.2, 0.25) is 5.89 Å². The molecule has 1 fully saturated rings. The lowest BCUT2D eigenvalue weighted by atomic mass is 9.98. The predicted octanol–water partition coefficient (Wildman–Crippen LogP) is 2.52. The molecular formula is C18H20N6O3. The molecule has 9 heteroatoms. The number of aryl methyl sites for hydroxylation is 1. The van der Waals surface area contributed by atoms with E-state index in [0.29, 0.717) is 36.3 Å². The molecule has 0 unspecified atom stereocenters. The highest BCUT2D eigenvalue weighted by atomic mass is 16.5. The van der Waals surface area contributed by atoms with Gasteiger partial charge in [0.05, 0.1) is 6.54 Å². The van der Waals surface area contributed by atoms with Crippen LogP contribution in [0.15, 0.2) is 39.6 Å². The van der Waals surface area contributed by atoms with E-state index < -0.39 is 0 Å². The van der Waals surface area contributed by atoms with Gasteiger partial charge >= 0.3 is 6.03 Å². The Morgan fingerprint density at radius 1 is 1.37 bits per heavy atom. The molecule has 3 aromatic rings. The van der Waals surface area contributed by atoms with Crippen molar-refractivity contribution in [1.29, 1.82) is 0 Å². The van der Waals surface area contributed by atoms with Gasteiger partial charge in [0, 0.05) is 50.0 Å². The van der Waals surface area contributed by atoms with Gasteiger partial charge in [-0.2, -0.15) is 4.98 Å². The molecule has 2 amide bonds. The van der Waals surface area contributed by atoms with Crippen molar-refractivity contribution in [3.05, 3.63) is 48.1 Å². The van der Waals surface area contributed by atoms with E-state index >= 15 is 0 Å². The Morgan fingerprint density at radius 2 is 2.30 bits per heavy atom. The number of hydrogen-bond donors (Lipinski definition) is 1. The number of carbonyl (C=O) groups excluding carboxylic acids is 1. The Morgan fingerprint density at radius 3 is 3.07 bits per heavy atom. The van der Waals surface area contributed by atoms with Crippen LogP contribution < -0.4 is 5.32 Å². The minimum absolute atomic E-state index is 0.101. The fraction of sp³-hybridized carbons (Fsp3) is 0.389. The highest BCUT2D eigenvalue weighted by molar-refractivity contribution is 5.74. The molecule has 140 valence electrons. The fourth-order valence-corrected chi connectivity index (χ4v) is 3.17. The quantitative estimate of drug-likeness (QED) is 0.753. The van der Waals surface area contributed by atoms with Crippen LogP contribution >= 0.6 is 0 Å². The number of likely N-dealkylation sites (tertiary alicyclic amines) is 1. The van der Waals surface area contributed by atoms with Crippen LogP contribution in [0.25, 0.3) is 11.3 Å². The number of aromatic nitrogens is 4. The van der Waals surface area contributed by atoms with Crippen LogP contribution in [-0.2, 0) is 6.54 Å². The van der Waals surface area contributed by atoms with E-state index in [1.165, 1.54) is 0 Å². The van der Waals surface area contributed by atoms with Crippen LogP contribution in [0.4, 0.5) is 4.79 Å². The van der Waals surface area contributed by atoms with E-state index in [1.54, 1.807) is 30.3 Å². The summed E-state index contributed by atoms with van der Waals surface area (Å²) in [6.45, 7) is 3.31. The monoisotopic (exact) mass is 368 g/mol. The molecule has 0 aromatic carbocycles. The molecule has 0 aliphatic carbocycles. The minimum atomic E-state index is -0.140. The van der Waals surface area contributed by atoms with Gasteiger partial charge in [0.1, 0.15) is 5.69 Å². The van der Waals surface area contributed by atoms with E-state index in [2.05, 4.69) is 25.6 Å². The van der Waals surface area contributed by atoms with Crippen molar-refractivity contribution in [2.45, 2.75) is 32.2 Å². The van der Waals surface area contributed by atoms with Gasteiger partial charge in [-0.1, -0.05) is 10.3 Å². The summed E-state index contributed by atoms with van der Waals surface area (Å²) < 4.78 is 10.4. The summed E-state index contributed by atoms with van der Waals surface area (Å²) in [5.41, 5.74) is 1.56. The highest BCUT2D eigenvalue weighted by Gasteiger charge is 2.27. The highest BCUT2D eigenvalue weighted by Crippen LogP contribution is 2.25. The van der Waals surface area contributed by atoms with Gasteiger partial charge in [-0.3, -0.25) is 4.98 Å². The molecule has 1 aliphatic heterocycles. The van der Waals surface area contributed by atoms with Crippen molar-refractivity contribution >= 4 is 6.03 Å². The molecule has 1 aliphatic rings. The topological polar surface area (TPSA) is 110 Å². The SMILES string of the molecule is Cc1nc([C@H]2CCCN(C(=O)NCc3cc(-c4cccnc4)no3)C2)no1. The normalized spacial score (nSPS) is 17.1. The van der Waals surface area contributed by atoms with Crippen molar-refractivity contribution in [3.63, 3.8) is 0 Å². The lowest BCUT2D eigenvalue weighted by Gasteiger charge is -2.31. The Hall–Kier alpha value is -3.23. The molecule has 0 radical (unpaired) electrons. The maximum Gasteiger partial charge on any atom is 0.317 e. The summed E-state index contributed by atoms with van der Waals surface area (Å²) in [4.78, 5) is 22.6. The molecule has 1 atom stereocenters. The molecule has 1 N–H and O–H groups in total. The maximum absolute atomic E-state index is 12.5. The summed E-state index contributed by atoms with van der Waals surface area (Å²) >= 11 is 0. The first-order valence-corrected chi connectivity index (χ1v) is 8.88. The number of piperidine rings is 1. The first kappa shape index (κ1) is 17.2. The number of hydrogen-bond acceptors (Lipinski definition) is 7. The third kappa shape index (κ3) is 3.97. The van der Waals surface area contributed by atoms with E-state index in [0.717, 1.165) is 18.4 Å². The van der Waals surface area contributed by atoms with Crippen LogP contribution in [0, 0.1) is 6.92 Å². The van der Waals surface area contributed by atoms with Crippen LogP contribution in [0.1, 0.15) is 36.2 Å². The largest absolute Gasteiger partial charge is 0.359 e. The van der Waals surface area contributed by atoms with Crippen molar-refractivity contribution in [2.75, 3.05) is 13.1 Å². The van der Waals surface area contributed by atoms with Crippen LogP contribution in [0.2, 0.25) is 0 Å². The van der Waals surface area contributed by atoms with E-state index in [-0.39, 0.29) is 18.5 Å². The minimum Gasteiger partial charge on any atom is -0.359 e. The Labute approximate surface area is 155 Å². The Kier molecular flexibility index (Phi) is 4.82. The van der Waals surface area contributed by atoms with Crippen molar-refractivity contribution < 1.29 is 13.8 Å². The summed E-state index contributed by atoms with van der Waals surface area (Å²) in [6, 6.07) is 5.40. The number of nitrogens with one attached hydrogen (secondary N) is 1. The third-order valence-electron chi connectivity index (χ3n) is 4.55. The van der Waals surface area contributed by atoms with Crippen LogP contribution in [0.5, 0.6) is 0 Å². The molecule has 27 heavy (non-hydrogen) atoms.